The molecule has 1 aromatic carbocycles. The van der Waals surface area contributed by atoms with Gasteiger partial charge in [0.15, 0.2) is 0 Å². The molecule has 1 saturated carbocycles. The van der Waals surface area contributed by atoms with Crippen LogP contribution in [0.5, 0.6) is 0 Å². The molecule has 2 rings (SSSR count). The van der Waals surface area contributed by atoms with Crippen LogP contribution >= 0.6 is 15.9 Å². The van der Waals surface area contributed by atoms with Gasteiger partial charge in [-0.15, -0.1) is 0 Å². The minimum Gasteiger partial charge on any atom is -0.393 e. The number of hydrogen-bond donors (Lipinski definition) is 1. The van der Waals surface area contributed by atoms with Crippen molar-refractivity contribution in [2.45, 2.75) is 31.8 Å². The molecule has 1 aromatic rings. The van der Waals surface area contributed by atoms with Gasteiger partial charge < -0.3 is 5.11 Å². The number of rotatable bonds is 2. The maximum absolute atomic E-state index is 13.2. The molecule has 3 heteroatoms. The molecule has 0 bridgehead atoms. The van der Waals surface area contributed by atoms with Gasteiger partial charge in [-0.1, -0.05) is 12.1 Å². The van der Waals surface area contributed by atoms with E-state index in [2.05, 4.69) is 15.9 Å². The van der Waals surface area contributed by atoms with Gasteiger partial charge in [0.25, 0.3) is 0 Å². The largest absolute Gasteiger partial charge is 0.393 e. The molecule has 1 N–H and O–H groups in total. The molecule has 2 atom stereocenters. The topological polar surface area (TPSA) is 20.2 Å². The first-order valence-corrected chi connectivity index (χ1v) is 6.07. The zero-order chi connectivity index (χ0) is 10.8. The van der Waals surface area contributed by atoms with Crippen LogP contribution in [0.15, 0.2) is 22.7 Å². The van der Waals surface area contributed by atoms with Gasteiger partial charge in [0.2, 0.25) is 0 Å². The van der Waals surface area contributed by atoms with Crippen LogP contribution in [0.25, 0.3) is 0 Å². The molecule has 0 heterocycles. The molecule has 0 saturated heterocycles. The van der Waals surface area contributed by atoms with Gasteiger partial charge in [-0.3, -0.25) is 0 Å². The van der Waals surface area contributed by atoms with E-state index >= 15 is 0 Å². The Bertz CT molecular complexity index is 353. The van der Waals surface area contributed by atoms with Crippen molar-refractivity contribution >= 4 is 15.9 Å². The summed E-state index contributed by atoms with van der Waals surface area (Å²) < 4.78 is 13.8. The smallest absolute Gasteiger partial charge is 0.137 e. The van der Waals surface area contributed by atoms with Gasteiger partial charge in [0, 0.05) is 0 Å². The van der Waals surface area contributed by atoms with Crippen molar-refractivity contribution in [3.63, 3.8) is 0 Å². The Morgan fingerprint density at radius 3 is 2.87 bits per heavy atom. The lowest BCUT2D eigenvalue weighted by molar-refractivity contribution is 0.177. The number of aliphatic hydroxyl groups is 1. The third kappa shape index (κ3) is 2.58. The number of benzene rings is 1. The van der Waals surface area contributed by atoms with E-state index in [4.69, 9.17) is 0 Å². The lowest BCUT2D eigenvalue weighted by Crippen LogP contribution is -2.04. The standard InChI is InChI=1S/C12H14BrFO/c13-12-9(2-1-3-11(12)14)6-8-4-5-10(15)7-8/h1-3,8,10,15H,4-7H2. The molecule has 0 aromatic heterocycles. The molecule has 1 nitrogen and oxygen atoms in total. The molecule has 0 radical (unpaired) electrons. The van der Waals surface area contributed by atoms with Gasteiger partial charge in [-0.05, 0) is 59.2 Å². The maximum Gasteiger partial charge on any atom is 0.137 e. The lowest BCUT2D eigenvalue weighted by atomic mass is 9.98. The summed E-state index contributed by atoms with van der Waals surface area (Å²) in [6.45, 7) is 0. The average molecular weight is 273 g/mol. The van der Waals surface area contributed by atoms with Gasteiger partial charge in [-0.25, -0.2) is 4.39 Å². The van der Waals surface area contributed by atoms with Crippen LogP contribution in [-0.2, 0) is 6.42 Å². The zero-order valence-electron chi connectivity index (χ0n) is 8.42. The minimum absolute atomic E-state index is 0.151. The quantitative estimate of drug-likeness (QED) is 0.876. The third-order valence-corrected chi connectivity index (χ3v) is 3.94. The molecule has 0 spiro atoms. The highest BCUT2D eigenvalue weighted by atomic mass is 79.9. The molecule has 0 amide bonds. The molecule has 15 heavy (non-hydrogen) atoms. The second-order valence-corrected chi connectivity index (χ2v) is 5.04. The Balaban J connectivity index is 2.07. The van der Waals surface area contributed by atoms with Crippen LogP contribution in [0.2, 0.25) is 0 Å². The Labute approximate surface area is 97.4 Å². The highest BCUT2D eigenvalue weighted by Crippen LogP contribution is 2.31. The molecule has 0 aliphatic heterocycles. The van der Waals surface area contributed by atoms with Crippen LogP contribution in [0, 0.1) is 11.7 Å². The molecular formula is C12H14BrFO. The summed E-state index contributed by atoms with van der Waals surface area (Å²) in [5, 5.41) is 9.42. The number of aliphatic hydroxyl groups excluding tert-OH is 1. The first-order valence-electron chi connectivity index (χ1n) is 5.27. The van der Waals surface area contributed by atoms with Crippen molar-refractivity contribution in [1.29, 1.82) is 0 Å². The fraction of sp³-hybridized carbons (Fsp3) is 0.500. The molecule has 1 aliphatic rings. The lowest BCUT2D eigenvalue weighted by Gasteiger charge is -2.11. The third-order valence-electron chi connectivity index (χ3n) is 3.05. The van der Waals surface area contributed by atoms with Crippen LogP contribution in [0.4, 0.5) is 4.39 Å². The number of halogens is 2. The molecule has 1 fully saturated rings. The van der Waals surface area contributed by atoms with Gasteiger partial charge >= 0.3 is 0 Å². The van der Waals surface area contributed by atoms with Crippen molar-refractivity contribution in [2.75, 3.05) is 0 Å². The molecule has 82 valence electrons. The van der Waals surface area contributed by atoms with E-state index < -0.39 is 0 Å². The fourth-order valence-corrected chi connectivity index (χ4v) is 2.68. The number of hydrogen-bond acceptors (Lipinski definition) is 1. The Morgan fingerprint density at radius 1 is 1.40 bits per heavy atom. The highest BCUT2D eigenvalue weighted by molar-refractivity contribution is 9.10. The first-order chi connectivity index (χ1) is 7.16. The molecule has 1 aliphatic carbocycles. The van der Waals surface area contributed by atoms with Crippen molar-refractivity contribution in [3.05, 3.63) is 34.1 Å². The van der Waals surface area contributed by atoms with Gasteiger partial charge in [-0.2, -0.15) is 0 Å². The van der Waals surface area contributed by atoms with Crippen molar-refractivity contribution < 1.29 is 9.50 Å². The van der Waals surface area contributed by atoms with E-state index in [0.29, 0.717) is 10.4 Å². The fourth-order valence-electron chi connectivity index (χ4n) is 2.25. The molecule has 2 unspecified atom stereocenters. The highest BCUT2D eigenvalue weighted by Gasteiger charge is 2.23. The molecular weight excluding hydrogens is 259 g/mol. The first kappa shape index (κ1) is 11.1. The second kappa shape index (κ2) is 4.62. The Kier molecular flexibility index (Phi) is 3.42. The van der Waals surface area contributed by atoms with Crippen molar-refractivity contribution in [2.24, 2.45) is 5.92 Å². The zero-order valence-corrected chi connectivity index (χ0v) is 10.0. The van der Waals surface area contributed by atoms with Crippen LogP contribution < -0.4 is 0 Å². The normalized spacial score (nSPS) is 25.8. The summed E-state index contributed by atoms with van der Waals surface area (Å²) in [6.07, 6.45) is 3.49. The van der Waals surface area contributed by atoms with E-state index in [1.807, 2.05) is 6.07 Å². The van der Waals surface area contributed by atoms with E-state index in [0.717, 1.165) is 31.2 Å². The van der Waals surface area contributed by atoms with Crippen LogP contribution in [0.3, 0.4) is 0 Å². The minimum atomic E-state index is -0.203. The second-order valence-electron chi connectivity index (χ2n) is 4.25. The predicted octanol–water partition coefficient (Wildman–Crippen LogP) is 3.29. The summed E-state index contributed by atoms with van der Waals surface area (Å²) in [4.78, 5) is 0. The van der Waals surface area contributed by atoms with Crippen LogP contribution in [-0.4, -0.2) is 11.2 Å². The van der Waals surface area contributed by atoms with Gasteiger partial charge in [0.05, 0.1) is 10.6 Å². The van der Waals surface area contributed by atoms with Crippen molar-refractivity contribution in [3.8, 4) is 0 Å². The SMILES string of the molecule is OC1CCC(Cc2cccc(F)c2Br)C1. The van der Waals surface area contributed by atoms with E-state index in [1.165, 1.54) is 6.07 Å². The summed E-state index contributed by atoms with van der Waals surface area (Å²) >= 11 is 3.27. The van der Waals surface area contributed by atoms with Gasteiger partial charge in [0.1, 0.15) is 5.82 Å². The van der Waals surface area contributed by atoms with E-state index in [-0.39, 0.29) is 11.9 Å². The summed E-state index contributed by atoms with van der Waals surface area (Å²) in [5.41, 5.74) is 1.01. The monoisotopic (exact) mass is 272 g/mol. The predicted molar refractivity (Wildman–Crippen MR) is 61.2 cm³/mol. The van der Waals surface area contributed by atoms with E-state index in [9.17, 15) is 9.50 Å². The Hall–Kier alpha value is -0.410. The van der Waals surface area contributed by atoms with Crippen molar-refractivity contribution in [1.82, 2.24) is 0 Å². The summed E-state index contributed by atoms with van der Waals surface area (Å²) in [7, 11) is 0. The Morgan fingerprint density at radius 2 is 2.20 bits per heavy atom. The summed E-state index contributed by atoms with van der Waals surface area (Å²) in [5.74, 6) is 0.296. The maximum atomic E-state index is 13.2. The van der Waals surface area contributed by atoms with Crippen LogP contribution in [0.1, 0.15) is 24.8 Å². The summed E-state index contributed by atoms with van der Waals surface area (Å²) in [6, 6.07) is 5.13. The average Bonchev–Trinajstić information content (AvgIpc) is 2.59. The van der Waals surface area contributed by atoms with E-state index in [1.54, 1.807) is 6.07 Å².